The summed E-state index contributed by atoms with van der Waals surface area (Å²) in [5.41, 5.74) is 10.8. The van der Waals surface area contributed by atoms with Crippen LogP contribution in [0.25, 0.3) is 32.9 Å². The van der Waals surface area contributed by atoms with E-state index in [1.165, 1.54) is 67.9 Å². The molecule has 2 aliphatic rings. The number of ether oxygens (including phenoxy) is 2. The van der Waals surface area contributed by atoms with Gasteiger partial charge in [0.2, 0.25) is 0 Å². The number of fused-ring (bicyclic) bond motifs is 10. The molecule has 0 saturated heterocycles. The van der Waals surface area contributed by atoms with Crippen LogP contribution in [0, 0.1) is 6.92 Å². The first-order valence-electron chi connectivity index (χ1n) is 17.2. The van der Waals surface area contributed by atoms with Crippen LogP contribution in [0.3, 0.4) is 0 Å². The molecule has 0 unspecified atom stereocenters. The van der Waals surface area contributed by atoms with Gasteiger partial charge in [-0.1, -0.05) is 36.4 Å². The SMILES string of the molecule is Cc1ccc2c3c(COCO)n(C)c2c1-c1c(nc2n1CCCC2)CSCc1cc(n(C)n1)CSc1cc(c2ccccc2c1)OCCC3. The number of aliphatic hydroxyl groups excluding tert-OH is 1. The Morgan fingerprint density at radius 3 is 2.76 bits per heavy atom. The minimum Gasteiger partial charge on any atom is -0.493 e. The highest BCUT2D eigenvalue weighted by atomic mass is 32.2. The zero-order valence-electron chi connectivity index (χ0n) is 28.5. The largest absolute Gasteiger partial charge is 0.493 e. The Bertz CT molecular complexity index is 2160. The van der Waals surface area contributed by atoms with Gasteiger partial charge in [-0.3, -0.25) is 4.68 Å². The van der Waals surface area contributed by atoms with Crippen molar-refractivity contribution in [1.82, 2.24) is 23.9 Å². The normalized spacial score (nSPS) is 15.6. The van der Waals surface area contributed by atoms with Crippen LogP contribution >= 0.6 is 23.5 Å². The number of hydrogen-bond acceptors (Lipinski definition) is 7. The van der Waals surface area contributed by atoms with Gasteiger partial charge in [-0.05, 0) is 67.3 Å². The van der Waals surface area contributed by atoms with Crippen molar-refractivity contribution in [2.75, 3.05) is 13.4 Å². The smallest absolute Gasteiger partial charge is 0.144 e. The van der Waals surface area contributed by atoms with Gasteiger partial charge in [0.1, 0.15) is 18.4 Å². The number of aliphatic hydroxyl groups is 1. The lowest BCUT2D eigenvalue weighted by molar-refractivity contribution is -0.0134. The molecule has 0 aliphatic carbocycles. The third-order valence-corrected chi connectivity index (χ3v) is 12.0. The fourth-order valence-corrected chi connectivity index (χ4v) is 9.50. The molecule has 1 N–H and O–H groups in total. The van der Waals surface area contributed by atoms with Gasteiger partial charge in [-0.25, -0.2) is 4.98 Å². The summed E-state index contributed by atoms with van der Waals surface area (Å²) < 4.78 is 19.1. The second kappa shape index (κ2) is 13.9. The van der Waals surface area contributed by atoms with E-state index in [-0.39, 0.29) is 6.79 Å². The van der Waals surface area contributed by atoms with Crippen LogP contribution in [0.1, 0.15) is 59.0 Å². The van der Waals surface area contributed by atoms with Crippen LogP contribution in [-0.4, -0.2) is 42.4 Å². The number of hydrogen-bond donors (Lipinski definition) is 1. The molecule has 3 aromatic carbocycles. The molecule has 5 heterocycles. The van der Waals surface area contributed by atoms with E-state index in [1.54, 1.807) is 0 Å². The first-order valence-corrected chi connectivity index (χ1v) is 19.4. The van der Waals surface area contributed by atoms with Crippen LogP contribution < -0.4 is 4.74 Å². The topological polar surface area (TPSA) is 79.3 Å². The summed E-state index contributed by atoms with van der Waals surface area (Å²) >= 11 is 3.72. The van der Waals surface area contributed by atoms with Gasteiger partial charge < -0.3 is 23.7 Å². The molecule has 49 heavy (non-hydrogen) atoms. The summed E-state index contributed by atoms with van der Waals surface area (Å²) in [7, 11) is 4.20. The average Bonchev–Trinajstić information content (AvgIpc) is 3.74. The van der Waals surface area contributed by atoms with Crippen molar-refractivity contribution in [2.45, 2.75) is 74.3 Å². The maximum Gasteiger partial charge on any atom is 0.144 e. The minimum atomic E-state index is -0.313. The number of thioether (sulfide) groups is 2. The molecule has 3 aromatic heterocycles. The van der Waals surface area contributed by atoms with Crippen LogP contribution in [0.5, 0.6) is 5.75 Å². The average molecular weight is 694 g/mol. The van der Waals surface area contributed by atoms with Gasteiger partial charge in [0.05, 0.1) is 35.8 Å². The standard InChI is InChI=1S/C39H43N5O3S2/c1-25-13-14-32-31-11-8-16-47-35-19-29(17-26-9-4-5-10-30(26)35)49-22-28-18-27(41-43(28)3)21-48-23-33-39(44-15-7-6-12-36(44)40-33)37(25)38(32)42(2)34(31)20-46-24-45/h4-5,9-10,13-14,17-19,45H,6-8,11-12,15-16,20-24H2,1-3H3. The van der Waals surface area contributed by atoms with Crippen molar-refractivity contribution < 1.29 is 14.6 Å². The van der Waals surface area contributed by atoms with Gasteiger partial charge in [-0.2, -0.15) is 5.10 Å². The van der Waals surface area contributed by atoms with E-state index in [2.05, 4.69) is 84.8 Å². The van der Waals surface area contributed by atoms with E-state index < -0.39 is 0 Å². The Morgan fingerprint density at radius 2 is 1.86 bits per heavy atom. The second-order valence-electron chi connectivity index (χ2n) is 13.2. The highest BCUT2D eigenvalue weighted by molar-refractivity contribution is 7.98. The fraction of sp³-hybridized carbons (Fsp3) is 0.385. The van der Waals surface area contributed by atoms with E-state index in [4.69, 9.17) is 19.6 Å². The molecule has 0 atom stereocenters. The van der Waals surface area contributed by atoms with E-state index >= 15 is 0 Å². The molecule has 0 radical (unpaired) electrons. The van der Waals surface area contributed by atoms with Crippen LogP contribution in [0.4, 0.5) is 0 Å². The molecule has 0 spiro atoms. The van der Waals surface area contributed by atoms with Crippen molar-refractivity contribution in [3.05, 3.63) is 94.3 Å². The maximum atomic E-state index is 9.67. The second-order valence-corrected chi connectivity index (χ2v) is 15.2. The zero-order chi connectivity index (χ0) is 33.5. The number of nitrogens with zero attached hydrogens (tertiary/aromatic N) is 5. The van der Waals surface area contributed by atoms with Gasteiger partial charge in [0.25, 0.3) is 0 Å². The van der Waals surface area contributed by atoms with E-state index in [1.807, 2.05) is 28.2 Å². The summed E-state index contributed by atoms with van der Waals surface area (Å²) in [6.45, 7) is 3.85. The van der Waals surface area contributed by atoms with Gasteiger partial charge in [0.15, 0.2) is 0 Å². The Morgan fingerprint density at radius 1 is 0.959 bits per heavy atom. The van der Waals surface area contributed by atoms with Crippen LogP contribution in [0.2, 0.25) is 0 Å². The highest BCUT2D eigenvalue weighted by Crippen LogP contribution is 2.41. The molecule has 10 heteroatoms. The molecule has 0 saturated carbocycles. The molecule has 8 rings (SSSR count). The summed E-state index contributed by atoms with van der Waals surface area (Å²) in [6, 6.07) is 19.7. The van der Waals surface area contributed by atoms with Crippen molar-refractivity contribution in [3.63, 3.8) is 0 Å². The summed E-state index contributed by atoms with van der Waals surface area (Å²) in [5.74, 6) is 4.61. The maximum absolute atomic E-state index is 9.67. The molecule has 2 aliphatic heterocycles. The molecule has 0 amide bonds. The lowest BCUT2D eigenvalue weighted by Crippen LogP contribution is -2.12. The number of aromatic nitrogens is 5. The summed E-state index contributed by atoms with van der Waals surface area (Å²) in [4.78, 5) is 6.50. The van der Waals surface area contributed by atoms with Crippen molar-refractivity contribution in [1.29, 1.82) is 0 Å². The predicted octanol–water partition coefficient (Wildman–Crippen LogP) is 8.09. The Hall–Kier alpha value is -3.70. The third-order valence-electron chi connectivity index (χ3n) is 10.0. The predicted molar refractivity (Wildman–Crippen MR) is 199 cm³/mol. The molecule has 6 aromatic rings. The first-order chi connectivity index (χ1) is 24.0. The van der Waals surface area contributed by atoms with E-state index in [0.717, 1.165) is 71.3 Å². The Kier molecular flexibility index (Phi) is 9.22. The van der Waals surface area contributed by atoms with Crippen LogP contribution in [-0.2, 0) is 62.1 Å². The van der Waals surface area contributed by atoms with Crippen LogP contribution in [0.15, 0.2) is 59.5 Å². The van der Waals surface area contributed by atoms with Gasteiger partial charge in [-0.15, -0.1) is 23.5 Å². The fourth-order valence-electron chi connectivity index (χ4n) is 7.67. The summed E-state index contributed by atoms with van der Waals surface area (Å²) in [5, 5.41) is 18.1. The van der Waals surface area contributed by atoms with Crippen molar-refractivity contribution in [2.24, 2.45) is 14.1 Å². The lowest BCUT2D eigenvalue weighted by atomic mass is 9.97. The lowest BCUT2D eigenvalue weighted by Gasteiger charge is -2.19. The summed E-state index contributed by atoms with van der Waals surface area (Å²) in [6.07, 6.45) is 5.05. The van der Waals surface area contributed by atoms with E-state index in [9.17, 15) is 5.11 Å². The van der Waals surface area contributed by atoms with Crippen molar-refractivity contribution in [3.8, 4) is 17.0 Å². The highest BCUT2D eigenvalue weighted by Gasteiger charge is 2.27. The number of rotatable bonds is 3. The Balaban J connectivity index is 1.26. The third kappa shape index (κ3) is 6.17. The number of imidazole rings is 1. The number of aryl methyl sites for hydroxylation is 5. The molecular weight excluding hydrogens is 651 g/mol. The van der Waals surface area contributed by atoms with Crippen molar-refractivity contribution >= 4 is 45.2 Å². The molecule has 8 bridgehead atoms. The molecule has 0 fully saturated rings. The quantitative estimate of drug-likeness (QED) is 0.188. The zero-order valence-corrected chi connectivity index (χ0v) is 30.1. The van der Waals surface area contributed by atoms with E-state index in [0.29, 0.717) is 13.2 Å². The molecule has 8 nitrogen and oxygen atoms in total. The first kappa shape index (κ1) is 32.5. The Labute approximate surface area is 295 Å². The molecular formula is C39H43N5O3S2. The monoisotopic (exact) mass is 693 g/mol. The minimum absolute atomic E-state index is 0.313. The number of benzene rings is 3. The van der Waals surface area contributed by atoms with Gasteiger partial charge in [0, 0.05) is 76.9 Å². The molecule has 254 valence electrons. The van der Waals surface area contributed by atoms with Gasteiger partial charge >= 0.3 is 0 Å².